The van der Waals surface area contributed by atoms with Crippen LogP contribution in [0.1, 0.15) is 31.9 Å². The van der Waals surface area contributed by atoms with Crippen molar-refractivity contribution in [2.24, 2.45) is 16.1 Å². The molecule has 7 nitrogen and oxygen atoms in total. The van der Waals surface area contributed by atoms with Gasteiger partial charge in [0.1, 0.15) is 23.1 Å². The molecule has 2 aromatic rings. The van der Waals surface area contributed by atoms with Gasteiger partial charge in [-0.1, -0.05) is 26.0 Å². The van der Waals surface area contributed by atoms with Crippen molar-refractivity contribution in [2.45, 2.75) is 34.2 Å². The molecule has 2 rings (SSSR count). The van der Waals surface area contributed by atoms with Gasteiger partial charge in [0.25, 0.3) is 5.56 Å². The van der Waals surface area contributed by atoms with Crippen molar-refractivity contribution in [1.82, 2.24) is 4.57 Å². The Bertz CT molecular complexity index is 924. The van der Waals surface area contributed by atoms with E-state index in [1.807, 2.05) is 32.9 Å². The number of nitriles is 1. The van der Waals surface area contributed by atoms with Crippen LogP contribution in [0, 0.1) is 24.2 Å². The SMILES string of the molecule is CCOc1ccccc1N=Nc1c(C)c(C#N)c(O)n(CC(C)C)c1=O. The number of benzene rings is 1. The molecule has 0 radical (unpaired) electrons. The summed E-state index contributed by atoms with van der Waals surface area (Å²) in [5.74, 6) is 0.326. The fraction of sp³-hybridized carbons (Fsp3) is 0.368. The van der Waals surface area contributed by atoms with E-state index in [0.717, 1.165) is 0 Å². The van der Waals surface area contributed by atoms with Crippen molar-refractivity contribution in [2.75, 3.05) is 6.61 Å². The maximum atomic E-state index is 12.8. The van der Waals surface area contributed by atoms with E-state index in [2.05, 4.69) is 10.2 Å². The molecule has 1 N–H and O–H groups in total. The van der Waals surface area contributed by atoms with E-state index in [4.69, 9.17) is 4.74 Å². The molecule has 0 bridgehead atoms. The van der Waals surface area contributed by atoms with Gasteiger partial charge >= 0.3 is 0 Å². The molecule has 136 valence electrons. The van der Waals surface area contributed by atoms with Gasteiger partial charge in [-0.25, -0.2) is 0 Å². The molecular formula is C19H22N4O3. The predicted octanol–water partition coefficient (Wildman–Crippen LogP) is 4.20. The summed E-state index contributed by atoms with van der Waals surface area (Å²) in [6, 6.07) is 9.03. The van der Waals surface area contributed by atoms with Crippen LogP contribution in [0.4, 0.5) is 11.4 Å². The lowest BCUT2D eigenvalue weighted by Crippen LogP contribution is -2.24. The van der Waals surface area contributed by atoms with Gasteiger partial charge in [0.2, 0.25) is 5.88 Å². The molecule has 0 fully saturated rings. The summed E-state index contributed by atoms with van der Waals surface area (Å²) < 4.78 is 6.66. The third-order valence-corrected chi connectivity index (χ3v) is 3.74. The van der Waals surface area contributed by atoms with Crippen LogP contribution in [0.2, 0.25) is 0 Å². The molecule has 0 aliphatic carbocycles. The topological polar surface area (TPSA) is 100.0 Å². The van der Waals surface area contributed by atoms with E-state index < -0.39 is 5.56 Å². The number of ether oxygens (including phenoxy) is 1. The first-order valence-corrected chi connectivity index (χ1v) is 8.40. The van der Waals surface area contributed by atoms with Gasteiger partial charge in [-0.2, -0.15) is 5.26 Å². The average Bonchev–Trinajstić information content (AvgIpc) is 2.60. The van der Waals surface area contributed by atoms with Crippen molar-refractivity contribution in [3.05, 3.63) is 45.7 Å². The molecule has 0 spiro atoms. The number of aromatic nitrogens is 1. The highest BCUT2D eigenvalue weighted by Gasteiger charge is 2.19. The quantitative estimate of drug-likeness (QED) is 0.785. The fourth-order valence-electron chi connectivity index (χ4n) is 2.51. The molecule has 26 heavy (non-hydrogen) atoms. The summed E-state index contributed by atoms with van der Waals surface area (Å²) in [5, 5.41) is 27.8. The summed E-state index contributed by atoms with van der Waals surface area (Å²) in [6.07, 6.45) is 0. The lowest BCUT2D eigenvalue weighted by atomic mass is 10.1. The van der Waals surface area contributed by atoms with Gasteiger partial charge in [-0.3, -0.25) is 9.36 Å². The van der Waals surface area contributed by atoms with Crippen LogP contribution in [-0.4, -0.2) is 16.3 Å². The predicted molar refractivity (Wildman–Crippen MR) is 98.4 cm³/mol. The van der Waals surface area contributed by atoms with E-state index in [-0.39, 0.29) is 29.6 Å². The van der Waals surface area contributed by atoms with Gasteiger partial charge < -0.3 is 9.84 Å². The molecule has 0 saturated heterocycles. The lowest BCUT2D eigenvalue weighted by molar-refractivity contribution is 0.341. The minimum atomic E-state index is -0.481. The van der Waals surface area contributed by atoms with Gasteiger partial charge in [0.05, 0.1) is 6.61 Å². The second-order valence-electron chi connectivity index (χ2n) is 6.19. The van der Waals surface area contributed by atoms with Crippen LogP contribution >= 0.6 is 0 Å². The summed E-state index contributed by atoms with van der Waals surface area (Å²) in [5.41, 5.74) is 0.358. The summed E-state index contributed by atoms with van der Waals surface area (Å²) in [4.78, 5) is 12.8. The highest BCUT2D eigenvalue weighted by atomic mass is 16.5. The maximum absolute atomic E-state index is 12.8. The van der Waals surface area contributed by atoms with Crippen molar-refractivity contribution in [3.8, 4) is 17.7 Å². The second-order valence-corrected chi connectivity index (χ2v) is 6.19. The zero-order valence-electron chi connectivity index (χ0n) is 15.4. The molecule has 0 atom stereocenters. The molecule has 7 heteroatoms. The minimum absolute atomic E-state index is 0.0253. The van der Waals surface area contributed by atoms with Gasteiger partial charge in [-0.15, -0.1) is 10.2 Å². The Kier molecular flexibility index (Phi) is 6.12. The minimum Gasteiger partial charge on any atom is -0.493 e. The van der Waals surface area contributed by atoms with E-state index in [1.165, 1.54) is 4.57 Å². The first kappa shape index (κ1) is 19.2. The Morgan fingerprint density at radius 2 is 2.00 bits per heavy atom. The number of azo groups is 1. The fourth-order valence-corrected chi connectivity index (χ4v) is 2.51. The van der Waals surface area contributed by atoms with Gasteiger partial charge in [-0.05, 0) is 31.9 Å². The molecule has 1 heterocycles. The Morgan fingerprint density at radius 3 is 2.62 bits per heavy atom. The number of pyridine rings is 1. The third-order valence-electron chi connectivity index (χ3n) is 3.74. The maximum Gasteiger partial charge on any atom is 0.281 e. The monoisotopic (exact) mass is 354 g/mol. The molecule has 0 aliphatic heterocycles. The van der Waals surface area contributed by atoms with E-state index in [1.54, 1.807) is 25.1 Å². The summed E-state index contributed by atoms with van der Waals surface area (Å²) in [7, 11) is 0. The van der Waals surface area contributed by atoms with Crippen molar-refractivity contribution in [1.29, 1.82) is 5.26 Å². The molecule has 0 aliphatic rings. The summed E-state index contributed by atoms with van der Waals surface area (Å²) >= 11 is 0. The second kappa shape index (κ2) is 8.30. The zero-order chi connectivity index (χ0) is 19.3. The van der Waals surface area contributed by atoms with Gasteiger partial charge in [0.15, 0.2) is 5.69 Å². The van der Waals surface area contributed by atoms with E-state index >= 15 is 0 Å². The Morgan fingerprint density at radius 1 is 1.31 bits per heavy atom. The van der Waals surface area contributed by atoms with Crippen molar-refractivity contribution >= 4 is 11.4 Å². The molecule has 1 aromatic carbocycles. The zero-order valence-corrected chi connectivity index (χ0v) is 15.4. The normalized spacial score (nSPS) is 11.1. The number of rotatable bonds is 6. The average molecular weight is 354 g/mol. The largest absolute Gasteiger partial charge is 0.493 e. The van der Waals surface area contributed by atoms with Crippen LogP contribution < -0.4 is 10.3 Å². The van der Waals surface area contributed by atoms with Crippen molar-refractivity contribution < 1.29 is 9.84 Å². The Labute approximate surface area is 152 Å². The number of hydrogen-bond donors (Lipinski definition) is 1. The molecular weight excluding hydrogens is 332 g/mol. The molecule has 0 amide bonds. The number of para-hydroxylation sites is 1. The standard InChI is InChI=1S/C19H22N4O3/c1-5-26-16-9-7-6-8-15(16)21-22-17-13(4)14(10-20)18(24)23(19(17)25)11-12(2)3/h6-9,12,24H,5,11H2,1-4H3. The number of nitrogens with zero attached hydrogens (tertiary/aromatic N) is 4. The van der Waals surface area contributed by atoms with Crippen molar-refractivity contribution in [3.63, 3.8) is 0 Å². The van der Waals surface area contributed by atoms with Crippen LogP contribution in [0.25, 0.3) is 0 Å². The highest BCUT2D eigenvalue weighted by Crippen LogP contribution is 2.31. The van der Waals surface area contributed by atoms with Crippen LogP contribution in [0.5, 0.6) is 11.6 Å². The molecule has 1 aromatic heterocycles. The number of hydrogen-bond acceptors (Lipinski definition) is 6. The van der Waals surface area contributed by atoms with Crippen LogP contribution in [0.3, 0.4) is 0 Å². The molecule has 0 unspecified atom stereocenters. The Balaban J connectivity index is 2.60. The van der Waals surface area contributed by atoms with E-state index in [9.17, 15) is 15.2 Å². The third kappa shape index (κ3) is 3.91. The van der Waals surface area contributed by atoms with Crippen LogP contribution in [0.15, 0.2) is 39.3 Å². The molecule has 0 saturated carbocycles. The number of aromatic hydroxyl groups is 1. The smallest absolute Gasteiger partial charge is 0.281 e. The lowest BCUT2D eigenvalue weighted by Gasteiger charge is -2.14. The van der Waals surface area contributed by atoms with Gasteiger partial charge in [0, 0.05) is 12.1 Å². The Hall–Kier alpha value is -3.14. The first-order valence-electron chi connectivity index (χ1n) is 8.40. The summed E-state index contributed by atoms with van der Waals surface area (Å²) in [6.45, 7) is 8.01. The van der Waals surface area contributed by atoms with E-state index in [0.29, 0.717) is 23.6 Å². The van der Waals surface area contributed by atoms with Crippen LogP contribution in [-0.2, 0) is 6.54 Å². The first-order chi connectivity index (χ1) is 12.4. The highest BCUT2D eigenvalue weighted by molar-refractivity contribution is 5.57.